The highest BCUT2D eigenvalue weighted by molar-refractivity contribution is 5.84. The third-order valence-corrected chi connectivity index (χ3v) is 6.39. The molecule has 0 spiro atoms. The molecule has 1 atom stereocenters. The van der Waals surface area contributed by atoms with E-state index in [1.54, 1.807) is 22.7 Å². The van der Waals surface area contributed by atoms with Crippen molar-refractivity contribution in [1.29, 1.82) is 0 Å². The number of carbonyl (C=O) groups excluding carboxylic acids is 1. The zero-order chi connectivity index (χ0) is 22.8. The number of aromatic nitrogens is 4. The SMILES string of the molecule is CN1CCC(c2cc(-c3cnc4[nH]cc(C(F)(F)F)c4c3)nn2C2CC(F)(F)C2)CC1=O. The van der Waals surface area contributed by atoms with E-state index in [0.717, 1.165) is 6.20 Å². The third kappa shape index (κ3) is 3.53. The largest absolute Gasteiger partial charge is 0.418 e. The van der Waals surface area contributed by atoms with Gasteiger partial charge in [-0.2, -0.15) is 18.3 Å². The number of fused-ring (bicyclic) bond motifs is 1. The molecule has 3 aromatic rings. The number of halogens is 5. The molecule has 1 unspecified atom stereocenters. The Kier molecular flexibility index (Phi) is 4.58. The maximum atomic E-state index is 13.6. The molecule has 1 aliphatic heterocycles. The molecule has 32 heavy (non-hydrogen) atoms. The molecule has 3 aromatic heterocycles. The van der Waals surface area contributed by atoms with E-state index in [9.17, 15) is 26.7 Å². The summed E-state index contributed by atoms with van der Waals surface area (Å²) in [7, 11) is 1.71. The Labute approximate surface area is 179 Å². The van der Waals surface area contributed by atoms with Crippen LogP contribution in [0.1, 0.15) is 48.9 Å². The summed E-state index contributed by atoms with van der Waals surface area (Å²) >= 11 is 0. The Bertz CT molecular complexity index is 1190. The van der Waals surface area contributed by atoms with Crippen LogP contribution in [0.15, 0.2) is 24.5 Å². The van der Waals surface area contributed by atoms with Crippen LogP contribution >= 0.6 is 0 Å². The Morgan fingerprint density at radius 2 is 1.97 bits per heavy atom. The Morgan fingerprint density at radius 1 is 1.22 bits per heavy atom. The van der Waals surface area contributed by atoms with E-state index < -0.39 is 23.7 Å². The minimum Gasteiger partial charge on any atom is -0.346 e. The first-order chi connectivity index (χ1) is 15.0. The van der Waals surface area contributed by atoms with Crippen LogP contribution in [-0.2, 0) is 11.0 Å². The van der Waals surface area contributed by atoms with Crippen LogP contribution in [0.4, 0.5) is 22.0 Å². The van der Waals surface area contributed by atoms with Gasteiger partial charge in [0.2, 0.25) is 5.91 Å². The van der Waals surface area contributed by atoms with Crippen molar-refractivity contribution in [3.8, 4) is 11.3 Å². The van der Waals surface area contributed by atoms with Gasteiger partial charge in [0.05, 0.1) is 17.3 Å². The van der Waals surface area contributed by atoms with Gasteiger partial charge in [-0.3, -0.25) is 9.48 Å². The number of aromatic amines is 1. The van der Waals surface area contributed by atoms with Crippen LogP contribution in [0.5, 0.6) is 0 Å². The normalized spacial score (nSPS) is 21.9. The molecule has 0 radical (unpaired) electrons. The topological polar surface area (TPSA) is 66.8 Å². The van der Waals surface area contributed by atoms with Crippen LogP contribution in [0.2, 0.25) is 0 Å². The lowest BCUT2D eigenvalue weighted by Crippen LogP contribution is -2.40. The van der Waals surface area contributed by atoms with Gasteiger partial charge in [0.15, 0.2) is 0 Å². The number of amides is 1. The number of piperidine rings is 1. The molecule has 1 N–H and O–H groups in total. The number of carbonyl (C=O) groups is 1. The minimum atomic E-state index is -4.55. The average molecular weight is 453 g/mol. The molecule has 0 aromatic carbocycles. The standard InChI is InChI=1S/C21H20F5N5O/c1-30-3-2-11(5-18(30)32)17-6-16(29-31(17)13-7-20(22,23)8-13)12-4-14-15(21(24,25)26)10-28-19(14)27-9-12/h4,6,9-11,13H,2-3,5,7-8H2,1H3,(H,27,28). The number of H-pyrrole nitrogens is 1. The van der Waals surface area contributed by atoms with Crippen LogP contribution in [0.3, 0.4) is 0 Å². The molecule has 1 saturated carbocycles. The van der Waals surface area contributed by atoms with E-state index in [1.807, 2.05) is 0 Å². The highest BCUT2D eigenvalue weighted by Gasteiger charge is 2.48. The third-order valence-electron chi connectivity index (χ3n) is 6.39. The molecule has 170 valence electrons. The summed E-state index contributed by atoms with van der Waals surface area (Å²) in [5.74, 6) is -2.99. The van der Waals surface area contributed by atoms with Crippen molar-refractivity contribution >= 4 is 16.9 Å². The summed E-state index contributed by atoms with van der Waals surface area (Å²) in [5, 5.41) is 4.41. The van der Waals surface area contributed by atoms with E-state index in [0.29, 0.717) is 29.9 Å². The van der Waals surface area contributed by atoms with Crippen LogP contribution in [0.25, 0.3) is 22.3 Å². The van der Waals surface area contributed by atoms with Crippen molar-refractivity contribution in [2.75, 3.05) is 13.6 Å². The lowest BCUT2D eigenvalue weighted by Gasteiger charge is -2.37. The Morgan fingerprint density at radius 3 is 2.62 bits per heavy atom. The predicted octanol–water partition coefficient (Wildman–Crippen LogP) is 4.75. The molecule has 2 aliphatic rings. The number of rotatable bonds is 3. The van der Waals surface area contributed by atoms with E-state index in [4.69, 9.17) is 0 Å². The van der Waals surface area contributed by atoms with E-state index in [2.05, 4.69) is 15.1 Å². The van der Waals surface area contributed by atoms with Crippen molar-refractivity contribution in [2.45, 2.75) is 49.7 Å². The summed E-state index contributed by atoms with van der Waals surface area (Å²) < 4.78 is 68.6. The van der Waals surface area contributed by atoms with Crippen LogP contribution in [-0.4, -0.2) is 50.1 Å². The second-order valence-corrected chi connectivity index (χ2v) is 8.64. The first kappa shape index (κ1) is 20.9. The van der Waals surface area contributed by atoms with Crippen molar-refractivity contribution in [1.82, 2.24) is 24.6 Å². The van der Waals surface area contributed by atoms with E-state index in [1.165, 1.54) is 12.3 Å². The van der Waals surface area contributed by atoms with Gasteiger partial charge in [-0.15, -0.1) is 0 Å². The summed E-state index contributed by atoms with van der Waals surface area (Å²) in [6.45, 7) is 0.538. The number of likely N-dealkylation sites (tertiary alicyclic amines) is 1. The van der Waals surface area contributed by atoms with Gasteiger partial charge in [0.1, 0.15) is 5.65 Å². The lowest BCUT2D eigenvalue weighted by molar-refractivity contribution is -0.136. The second kappa shape index (κ2) is 7.01. The highest BCUT2D eigenvalue weighted by atomic mass is 19.4. The summed E-state index contributed by atoms with van der Waals surface area (Å²) in [6.07, 6.45) is -2.09. The first-order valence-corrected chi connectivity index (χ1v) is 10.3. The summed E-state index contributed by atoms with van der Waals surface area (Å²) in [4.78, 5) is 20.4. The number of nitrogens with one attached hydrogen (secondary N) is 1. The van der Waals surface area contributed by atoms with Crippen molar-refractivity contribution < 1.29 is 26.7 Å². The lowest BCUT2D eigenvalue weighted by atomic mass is 9.86. The zero-order valence-electron chi connectivity index (χ0n) is 17.1. The molecule has 2 fully saturated rings. The fraction of sp³-hybridized carbons (Fsp3) is 0.476. The first-order valence-electron chi connectivity index (χ1n) is 10.3. The molecular weight excluding hydrogens is 433 g/mol. The smallest absolute Gasteiger partial charge is 0.346 e. The second-order valence-electron chi connectivity index (χ2n) is 8.64. The average Bonchev–Trinajstić information content (AvgIpc) is 3.31. The summed E-state index contributed by atoms with van der Waals surface area (Å²) in [6, 6.07) is 2.54. The number of hydrogen-bond donors (Lipinski definition) is 1. The van der Waals surface area contributed by atoms with Gasteiger partial charge in [-0.25, -0.2) is 13.8 Å². The van der Waals surface area contributed by atoms with Gasteiger partial charge in [0, 0.05) is 67.8 Å². The molecule has 1 amide bonds. The molecule has 1 aliphatic carbocycles. The van der Waals surface area contributed by atoms with Crippen molar-refractivity contribution in [2.24, 2.45) is 0 Å². The Hall–Kier alpha value is -2.98. The van der Waals surface area contributed by atoms with Crippen LogP contribution < -0.4 is 0 Å². The van der Waals surface area contributed by atoms with Gasteiger partial charge in [-0.1, -0.05) is 0 Å². The maximum absolute atomic E-state index is 13.6. The van der Waals surface area contributed by atoms with Gasteiger partial charge in [-0.05, 0) is 18.6 Å². The Balaban J connectivity index is 1.56. The number of pyridine rings is 1. The summed E-state index contributed by atoms with van der Waals surface area (Å²) in [5.41, 5.74) is 0.631. The van der Waals surface area contributed by atoms with Crippen molar-refractivity contribution in [3.63, 3.8) is 0 Å². The van der Waals surface area contributed by atoms with Gasteiger partial charge in [0.25, 0.3) is 5.92 Å². The van der Waals surface area contributed by atoms with E-state index >= 15 is 0 Å². The molecule has 6 nitrogen and oxygen atoms in total. The number of hydrogen-bond acceptors (Lipinski definition) is 3. The highest BCUT2D eigenvalue weighted by Crippen LogP contribution is 2.47. The van der Waals surface area contributed by atoms with Crippen LogP contribution in [0, 0.1) is 0 Å². The molecule has 1 saturated heterocycles. The maximum Gasteiger partial charge on any atom is 0.418 e. The van der Waals surface area contributed by atoms with Gasteiger partial charge >= 0.3 is 6.18 Å². The number of nitrogens with zero attached hydrogens (tertiary/aromatic N) is 4. The minimum absolute atomic E-state index is 0.0419. The molecule has 0 bridgehead atoms. The monoisotopic (exact) mass is 453 g/mol. The quantitative estimate of drug-likeness (QED) is 0.582. The fourth-order valence-electron chi connectivity index (χ4n) is 4.52. The predicted molar refractivity (Wildman–Crippen MR) is 105 cm³/mol. The molecular formula is C21H20F5N5O. The molecule has 5 rings (SSSR count). The van der Waals surface area contributed by atoms with Gasteiger partial charge < -0.3 is 9.88 Å². The number of alkyl halides is 5. The molecule has 4 heterocycles. The van der Waals surface area contributed by atoms with E-state index in [-0.39, 0.29) is 42.1 Å². The van der Waals surface area contributed by atoms with Crippen molar-refractivity contribution in [3.05, 3.63) is 35.8 Å². The zero-order valence-corrected chi connectivity index (χ0v) is 17.1. The molecule has 11 heteroatoms. The fourth-order valence-corrected chi connectivity index (χ4v) is 4.52.